The quantitative estimate of drug-likeness (QED) is 0.745. The normalized spacial score (nSPS) is 12.5. The van der Waals surface area contributed by atoms with Gasteiger partial charge in [-0.2, -0.15) is 0 Å². The number of aromatic nitrogens is 2. The van der Waals surface area contributed by atoms with Crippen molar-refractivity contribution in [2.45, 2.75) is 32.7 Å². The first-order chi connectivity index (χ1) is 12.0. The van der Waals surface area contributed by atoms with Gasteiger partial charge in [-0.05, 0) is 24.5 Å². The SMILES string of the molecule is Cc1noc2nc(C(C)C)cc(C(=O)NC(CO)c3ccccc3)c12. The third-order valence-electron chi connectivity index (χ3n) is 4.16. The van der Waals surface area contributed by atoms with Crippen molar-refractivity contribution in [3.8, 4) is 0 Å². The van der Waals surface area contributed by atoms with E-state index in [-0.39, 0.29) is 18.4 Å². The summed E-state index contributed by atoms with van der Waals surface area (Å²) in [5.41, 5.74) is 3.03. The van der Waals surface area contributed by atoms with E-state index in [1.54, 1.807) is 13.0 Å². The monoisotopic (exact) mass is 339 g/mol. The number of nitrogens with zero attached hydrogens (tertiary/aromatic N) is 2. The highest BCUT2D eigenvalue weighted by Gasteiger charge is 2.22. The first-order valence-electron chi connectivity index (χ1n) is 8.24. The maximum atomic E-state index is 12.9. The second kappa shape index (κ2) is 7.03. The minimum Gasteiger partial charge on any atom is -0.394 e. The van der Waals surface area contributed by atoms with E-state index in [0.717, 1.165) is 11.3 Å². The summed E-state index contributed by atoms with van der Waals surface area (Å²) in [6, 6.07) is 10.7. The second-order valence-corrected chi connectivity index (χ2v) is 6.32. The Morgan fingerprint density at radius 2 is 2.00 bits per heavy atom. The molecular formula is C19H21N3O3. The highest BCUT2D eigenvalue weighted by Crippen LogP contribution is 2.25. The van der Waals surface area contributed by atoms with Crippen molar-refractivity contribution in [2.24, 2.45) is 0 Å². The number of carbonyl (C=O) groups excluding carboxylic acids is 1. The fourth-order valence-corrected chi connectivity index (χ4v) is 2.74. The van der Waals surface area contributed by atoms with Crippen LogP contribution in [-0.2, 0) is 0 Å². The molecule has 0 saturated heterocycles. The Morgan fingerprint density at radius 1 is 1.28 bits per heavy atom. The van der Waals surface area contributed by atoms with Crippen LogP contribution in [0.25, 0.3) is 11.1 Å². The number of aliphatic hydroxyl groups excluding tert-OH is 1. The summed E-state index contributed by atoms with van der Waals surface area (Å²) in [4.78, 5) is 17.3. The van der Waals surface area contributed by atoms with E-state index in [1.165, 1.54) is 0 Å². The van der Waals surface area contributed by atoms with Crippen LogP contribution in [0.4, 0.5) is 0 Å². The van der Waals surface area contributed by atoms with E-state index in [9.17, 15) is 9.90 Å². The minimum absolute atomic E-state index is 0.143. The van der Waals surface area contributed by atoms with Crippen molar-refractivity contribution >= 4 is 17.0 Å². The molecule has 0 aliphatic heterocycles. The lowest BCUT2D eigenvalue weighted by Gasteiger charge is -2.17. The number of benzene rings is 1. The highest BCUT2D eigenvalue weighted by atomic mass is 16.5. The number of fused-ring (bicyclic) bond motifs is 1. The molecule has 2 N–H and O–H groups in total. The van der Waals surface area contributed by atoms with Crippen LogP contribution in [0.5, 0.6) is 0 Å². The zero-order chi connectivity index (χ0) is 18.0. The maximum absolute atomic E-state index is 12.9. The molecule has 25 heavy (non-hydrogen) atoms. The number of carbonyl (C=O) groups is 1. The van der Waals surface area contributed by atoms with Gasteiger partial charge in [0, 0.05) is 5.69 Å². The van der Waals surface area contributed by atoms with Gasteiger partial charge in [0.15, 0.2) is 0 Å². The standard InChI is InChI=1S/C19H21N3O3/c1-11(2)15-9-14(17-12(3)22-25-19(17)21-15)18(24)20-16(10-23)13-7-5-4-6-8-13/h4-9,11,16,23H,10H2,1-3H3,(H,20,24). The van der Waals surface area contributed by atoms with Gasteiger partial charge < -0.3 is 14.9 Å². The molecule has 2 heterocycles. The van der Waals surface area contributed by atoms with Gasteiger partial charge in [-0.1, -0.05) is 49.3 Å². The molecular weight excluding hydrogens is 318 g/mol. The molecule has 6 nitrogen and oxygen atoms in total. The molecule has 1 atom stereocenters. The maximum Gasteiger partial charge on any atom is 0.259 e. The molecule has 0 aliphatic carbocycles. The number of aliphatic hydroxyl groups is 1. The molecule has 6 heteroatoms. The average molecular weight is 339 g/mol. The Kier molecular flexibility index (Phi) is 4.81. The van der Waals surface area contributed by atoms with E-state index in [4.69, 9.17) is 4.52 Å². The Hall–Kier alpha value is -2.73. The minimum atomic E-state index is -0.486. The Balaban J connectivity index is 2.00. The molecule has 0 spiro atoms. The van der Waals surface area contributed by atoms with Crippen molar-refractivity contribution in [2.75, 3.05) is 6.61 Å². The molecule has 0 fully saturated rings. The van der Waals surface area contributed by atoms with E-state index in [0.29, 0.717) is 22.4 Å². The Morgan fingerprint density at radius 3 is 2.64 bits per heavy atom. The van der Waals surface area contributed by atoms with Gasteiger partial charge in [0.2, 0.25) is 0 Å². The lowest BCUT2D eigenvalue weighted by Crippen LogP contribution is -2.31. The molecule has 130 valence electrons. The third-order valence-corrected chi connectivity index (χ3v) is 4.16. The predicted molar refractivity (Wildman–Crippen MR) is 94.4 cm³/mol. The van der Waals surface area contributed by atoms with Crippen molar-refractivity contribution in [1.29, 1.82) is 0 Å². The molecule has 3 aromatic rings. The van der Waals surface area contributed by atoms with Crippen molar-refractivity contribution in [3.05, 3.63) is 58.9 Å². The van der Waals surface area contributed by atoms with Gasteiger partial charge in [-0.25, -0.2) is 4.98 Å². The number of aryl methyl sites for hydroxylation is 1. The topological polar surface area (TPSA) is 88.2 Å². The highest BCUT2D eigenvalue weighted by molar-refractivity contribution is 6.06. The van der Waals surface area contributed by atoms with E-state index in [2.05, 4.69) is 15.5 Å². The number of rotatable bonds is 5. The van der Waals surface area contributed by atoms with Crippen LogP contribution < -0.4 is 5.32 Å². The average Bonchev–Trinajstić information content (AvgIpc) is 3.00. The zero-order valence-electron chi connectivity index (χ0n) is 14.5. The predicted octanol–water partition coefficient (Wildman–Crippen LogP) is 3.12. The molecule has 0 saturated carbocycles. The summed E-state index contributed by atoms with van der Waals surface area (Å²) in [5, 5.41) is 17.1. The van der Waals surface area contributed by atoms with Crippen LogP contribution in [0.15, 0.2) is 40.9 Å². The smallest absolute Gasteiger partial charge is 0.259 e. The number of amides is 1. The van der Waals surface area contributed by atoms with Crippen molar-refractivity contribution in [3.63, 3.8) is 0 Å². The first kappa shape index (κ1) is 17.1. The number of hydrogen-bond acceptors (Lipinski definition) is 5. The number of nitrogens with one attached hydrogen (secondary N) is 1. The summed E-state index contributed by atoms with van der Waals surface area (Å²) >= 11 is 0. The molecule has 1 amide bonds. The Labute approximate surface area is 145 Å². The largest absolute Gasteiger partial charge is 0.394 e. The molecule has 0 bridgehead atoms. The first-order valence-corrected chi connectivity index (χ1v) is 8.24. The van der Waals surface area contributed by atoms with E-state index in [1.807, 2.05) is 44.2 Å². The van der Waals surface area contributed by atoms with Gasteiger partial charge in [0.05, 0.1) is 29.3 Å². The summed E-state index contributed by atoms with van der Waals surface area (Å²) in [5.74, 6) is -0.146. The van der Waals surface area contributed by atoms with E-state index >= 15 is 0 Å². The van der Waals surface area contributed by atoms with Crippen LogP contribution in [0.2, 0.25) is 0 Å². The van der Waals surface area contributed by atoms with Crippen LogP contribution in [0, 0.1) is 6.92 Å². The number of hydrogen-bond donors (Lipinski definition) is 2. The van der Waals surface area contributed by atoms with Crippen LogP contribution in [0.3, 0.4) is 0 Å². The van der Waals surface area contributed by atoms with E-state index < -0.39 is 6.04 Å². The third kappa shape index (κ3) is 3.39. The summed E-state index contributed by atoms with van der Waals surface area (Å²) in [6.07, 6.45) is 0. The summed E-state index contributed by atoms with van der Waals surface area (Å²) in [6.45, 7) is 5.59. The van der Waals surface area contributed by atoms with Gasteiger partial charge in [-0.3, -0.25) is 4.79 Å². The van der Waals surface area contributed by atoms with Crippen molar-refractivity contribution in [1.82, 2.24) is 15.5 Å². The fraction of sp³-hybridized carbons (Fsp3) is 0.316. The molecule has 0 radical (unpaired) electrons. The second-order valence-electron chi connectivity index (χ2n) is 6.32. The zero-order valence-corrected chi connectivity index (χ0v) is 14.5. The van der Waals surface area contributed by atoms with Gasteiger partial charge in [0.25, 0.3) is 11.6 Å². The lowest BCUT2D eigenvalue weighted by atomic mass is 10.0. The molecule has 0 aliphatic rings. The molecule has 3 rings (SSSR count). The van der Waals surface area contributed by atoms with Crippen LogP contribution >= 0.6 is 0 Å². The van der Waals surface area contributed by atoms with Gasteiger partial charge in [-0.15, -0.1) is 0 Å². The number of pyridine rings is 1. The van der Waals surface area contributed by atoms with Gasteiger partial charge in [0.1, 0.15) is 0 Å². The molecule has 1 unspecified atom stereocenters. The fourth-order valence-electron chi connectivity index (χ4n) is 2.74. The lowest BCUT2D eigenvalue weighted by molar-refractivity contribution is 0.0917. The van der Waals surface area contributed by atoms with Crippen LogP contribution in [-0.4, -0.2) is 27.8 Å². The molecule has 2 aromatic heterocycles. The Bertz CT molecular complexity index is 888. The molecule has 1 aromatic carbocycles. The van der Waals surface area contributed by atoms with Crippen molar-refractivity contribution < 1.29 is 14.4 Å². The van der Waals surface area contributed by atoms with Crippen LogP contribution in [0.1, 0.15) is 53.1 Å². The summed E-state index contributed by atoms with van der Waals surface area (Å²) < 4.78 is 5.26. The summed E-state index contributed by atoms with van der Waals surface area (Å²) in [7, 11) is 0. The van der Waals surface area contributed by atoms with Gasteiger partial charge >= 0.3 is 0 Å².